The normalized spacial score (nSPS) is 13.0. The Morgan fingerprint density at radius 1 is 0.400 bits per heavy atom. The van der Waals surface area contributed by atoms with Crippen molar-refractivity contribution in [3.05, 3.63) is 0 Å². The molecule has 0 heterocycles. The summed E-state index contributed by atoms with van der Waals surface area (Å²) in [5.41, 5.74) is 0. The molecule has 0 saturated carbocycles. The zero-order valence-corrected chi connectivity index (χ0v) is 22.8. The molecule has 25 heavy (non-hydrogen) atoms. The molecule has 0 atom stereocenters. The van der Waals surface area contributed by atoms with Crippen LogP contribution < -0.4 is 0 Å². The van der Waals surface area contributed by atoms with Crippen LogP contribution in [0, 0.1) is 0 Å². The fraction of sp³-hybridized carbons (Fsp3) is 1.00. The van der Waals surface area contributed by atoms with Gasteiger partial charge in [-0.3, -0.25) is 0 Å². The summed E-state index contributed by atoms with van der Waals surface area (Å²) in [6.07, 6.45) is 0. The molecule has 9 heteroatoms. The van der Waals surface area contributed by atoms with Crippen molar-refractivity contribution in [2.75, 3.05) is 0 Å². The van der Waals surface area contributed by atoms with Crippen LogP contribution in [0.4, 0.5) is 0 Å². The van der Waals surface area contributed by atoms with E-state index in [0.717, 1.165) is 48.4 Å². The lowest BCUT2D eigenvalue weighted by Crippen LogP contribution is -2.59. The van der Waals surface area contributed by atoms with E-state index < -0.39 is 45.2 Å². The van der Waals surface area contributed by atoms with Gasteiger partial charge in [0, 0.05) is 0 Å². The van der Waals surface area contributed by atoms with E-state index >= 15 is 0 Å². The third kappa shape index (κ3) is 9.61. The molecule has 0 amide bonds. The summed E-state index contributed by atoms with van der Waals surface area (Å²) in [7, 11) is -6.74. The zero-order chi connectivity index (χ0) is 19.3. The molecule has 0 aliphatic heterocycles. The Hall–Kier alpha value is 0.924. The molecule has 0 saturated heterocycles. The SMILES string of the molecule is CC[Si](CC)O[Si](O[Si](CC)CC)(O[Si](CC)CC)O[Si](CC)CC. The minimum atomic E-state index is -3.03. The van der Waals surface area contributed by atoms with Crippen LogP contribution in [0.1, 0.15) is 55.4 Å². The summed E-state index contributed by atoms with van der Waals surface area (Å²) >= 11 is 0. The highest BCUT2D eigenvalue weighted by atomic mass is 28.5. The predicted molar refractivity (Wildman–Crippen MR) is 117 cm³/mol. The van der Waals surface area contributed by atoms with E-state index in [-0.39, 0.29) is 0 Å². The summed E-state index contributed by atoms with van der Waals surface area (Å²) in [5.74, 6) is 0. The second-order valence-electron chi connectivity index (χ2n) is 5.89. The van der Waals surface area contributed by atoms with Crippen molar-refractivity contribution in [1.82, 2.24) is 0 Å². The smallest absolute Gasteiger partial charge is 0.395 e. The molecule has 4 nitrogen and oxygen atoms in total. The molecule has 0 aromatic heterocycles. The Kier molecular flexibility index (Phi) is 15.5. The van der Waals surface area contributed by atoms with E-state index in [1.54, 1.807) is 0 Å². The molecule has 0 aliphatic carbocycles. The Morgan fingerprint density at radius 2 is 0.560 bits per heavy atom. The highest BCUT2D eigenvalue weighted by Crippen LogP contribution is 2.24. The van der Waals surface area contributed by atoms with E-state index in [1.807, 2.05) is 0 Å². The molecule has 0 aromatic carbocycles. The van der Waals surface area contributed by atoms with Gasteiger partial charge in [-0.15, -0.1) is 0 Å². The summed E-state index contributed by atoms with van der Waals surface area (Å²) < 4.78 is 26.8. The largest absolute Gasteiger partial charge is 0.636 e. The second kappa shape index (κ2) is 14.9. The summed E-state index contributed by atoms with van der Waals surface area (Å²) in [6, 6.07) is 8.61. The van der Waals surface area contributed by atoms with Gasteiger partial charge in [0.25, 0.3) is 0 Å². The Morgan fingerprint density at radius 3 is 0.680 bits per heavy atom. The Balaban J connectivity index is 5.69. The van der Waals surface area contributed by atoms with Gasteiger partial charge in [-0.2, -0.15) is 0 Å². The summed E-state index contributed by atoms with van der Waals surface area (Å²) in [6.45, 7) is 17.8. The lowest BCUT2D eigenvalue weighted by Gasteiger charge is -2.37. The van der Waals surface area contributed by atoms with E-state index in [1.165, 1.54) is 0 Å². The third-order valence-corrected chi connectivity index (χ3v) is 19.2. The van der Waals surface area contributed by atoms with Crippen molar-refractivity contribution in [3.63, 3.8) is 0 Å². The van der Waals surface area contributed by atoms with Gasteiger partial charge in [0.1, 0.15) is 0 Å². The summed E-state index contributed by atoms with van der Waals surface area (Å²) in [4.78, 5) is 0. The number of rotatable bonds is 16. The molecule has 4 radical (unpaired) electrons. The molecule has 0 rings (SSSR count). The minimum Gasteiger partial charge on any atom is -0.395 e. The molecule has 0 unspecified atom stereocenters. The van der Waals surface area contributed by atoms with Crippen LogP contribution in [-0.4, -0.2) is 45.2 Å². The van der Waals surface area contributed by atoms with Crippen molar-refractivity contribution in [3.8, 4) is 0 Å². The molecule has 0 bridgehead atoms. The van der Waals surface area contributed by atoms with Gasteiger partial charge in [-0.25, -0.2) is 0 Å². The van der Waals surface area contributed by atoms with Crippen LogP contribution in [0.3, 0.4) is 0 Å². The van der Waals surface area contributed by atoms with E-state index in [9.17, 15) is 0 Å². The Bertz CT molecular complexity index is 247. The first kappa shape index (κ1) is 25.9. The maximum absolute atomic E-state index is 6.69. The van der Waals surface area contributed by atoms with Crippen LogP contribution in [0.25, 0.3) is 0 Å². The monoisotopic (exact) mass is 436 g/mol. The number of hydrogen-bond acceptors (Lipinski definition) is 4. The van der Waals surface area contributed by atoms with Crippen LogP contribution in [0.2, 0.25) is 48.4 Å². The topological polar surface area (TPSA) is 36.9 Å². The highest BCUT2D eigenvalue weighted by molar-refractivity contribution is 6.81. The maximum Gasteiger partial charge on any atom is 0.636 e. The third-order valence-electron chi connectivity index (χ3n) is 4.23. The van der Waals surface area contributed by atoms with Crippen LogP contribution >= 0.6 is 0 Å². The average Bonchev–Trinajstić information content (AvgIpc) is 2.66. The lowest BCUT2D eigenvalue weighted by atomic mass is 11.0. The van der Waals surface area contributed by atoms with Gasteiger partial charge in [0.15, 0.2) is 0 Å². The van der Waals surface area contributed by atoms with Gasteiger partial charge in [0.05, 0.1) is 0 Å². The number of hydrogen-bond donors (Lipinski definition) is 0. The fourth-order valence-electron chi connectivity index (χ4n) is 2.41. The molecule has 0 fully saturated rings. The average molecular weight is 437 g/mol. The molecule has 0 aliphatic rings. The van der Waals surface area contributed by atoms with Crippen molar-refractivity contribution in [1.29, 1.82) is 0 Å². The van der Waals surface area contributed by atoms with Gasteiger partial charge in [0.2, 0.25) is 36.2 Å². The van der Waals surface area contributed by atoms with Crippen molar-refractivity contribution >= 4 is 45.2 Å². The van der Waals surface area contributed by atoms with Crippen LogP contribution in [0.15, 0.2) is 0 Å². The maximum atomic E-state index is 6.69. The molecule has 0 spiro atoms. The van der Waals surface area contributed by atoms with Crippen LogP contribution in [0.5, 0.6) is 0 Å². The Labute approximate surface area is 165 Å². The van der Waals surface area contributed by atoms with E-state index in [0.29, 0.717) is 0 Å². The molecule has 0 N–H and O–H groups in total. The highest BCUT2D eigenvalue weighted by Gasteiger charge is 2.51. The van der Waals surface area contributed by atoms with Crippen molar-refractivity contribution in [2.45, 2.75) is 104 Å². The molecule has 148 valence electrons. The summed E-state index contributed by atoms with van der Waals surface area (Å²) in [5, 5.41) is 0. The fourth-order valence-corrected chi connectivity index (χ4v) is 17.9. The minimum absolute atomic E-state index is 0.927. The molecular formula is C16H40O4Si5. The van der Waals surface area contributed by atoms with E-state index in [4.69, 9.17) is 16.5 Å². The lowest BCUT2D eigenvalue weighted by molar-refractivity contribution is 0.158. The van der Waals surface area contributed by atoms with Gasteiger partial charge in [-0.1, -0.05) is 55.4 Å². The first-order valence-corrected chi connectivity index (χ1v) is 19.0. The first-order chi connectivity index (χ1) is 12.0. The molecular weight excluding hydrogens is 397 g/mol. The predicted octanol–water partition coefficient (Wildman–Crippen LogP) is 5.61. The van der Waals surface area contributed by atoms with Crippen molar-refractivity contribution in [2.24, 2.45) is 0 Å². The van der Waals surface area contributed by atoms with E-state index in [2.05, 4.69) is 55.4 Å². The van der Waals surface area contributed by atoms with Crippen LogP contribution in [-0.2, 0) is 16.5 Å². The second-order valence-corrected chi connectivity index (χ2v) is 20.1. The van der Waals surface area contributed by atoms with Crippen molar-refractivity contribution < 1.29 is 16.5 Å². The standard InChI is InChI=1S/C16H40O4Si5/c1-9-21(10-2)17-25(18-22(11-3)12-4,19-23(13-5)14-6)20-24(15-7)16-8/h9-16H2,1-8H3. The van der Waals surface area contributed by atoms with Gasteiger partial charge < -0.3 is 16.5 Å². The zero-order valence-electron chi connectivity index (χ0n) is 17.8. The quantitative estimate of drug-likeness (QED) is 0.294. The molecule has 0 aromatic rings. The van der Waals surface area contributed by atoms with Gasteiger partial charge >= 0.3 is 9.05 Å². The van der Waals surface area contributed by atoms with Gasteiger partial charge in [-0.05, 0) is 48.4 Å². The first-order valence-electron chi connectivity index (χ1n) is 10.1.